The van der Waals surface area contributed by atoms with Crippen molar-refractivity contribution in [1.82, 2.24) is 0 Å². The highest BCUT2D eigenvalue weighted by Crippen LogP contribution is 2.43. The summed E-state index contributed by atoms with van der Waals surface area (Å²) in [4.78, 5) is 12.8. The summed E-state index contributed by atoms with van der Waals surface area (Å²) in [6, 6.07) is 9.22. The number of rotatable bonds is 3. The zero-order valence-corrected chi connectivity index (χ0v) is 12.8. The van der Waals surface area contributed by atoms with E-state index in [4.69, 9.17) is 11.6 Å². The molecular formula is C17H20ClNO. The number of halogens is 1. The van der Waals surface area contributed by atoms with Gasteiger partial charge in [0.25, 0.3) is 0 Å². The third kappa shape index (κ3) is 3.04. The van der Waals surface area contributed by atoms with Crippen LogP contribution in [0.4, 0.5) is 0 Å². The highest BCUT2D eigenvalue weighted by molar-refractivity contribution is 6.30. The lowest BCUT2D eigenvalue weighted by atomic mass is 9.65. The molecule has 0 spiro atoms. The molecule has 0 bridgehead atoms. The molecule has 0 aromatic heterocycles. The molecule has 0 amide bonds. The van der Waals surface area contributed by atoms with Gasteiger partial charge in [-0.1, -0.05) is 50.4 Å². The van der Waals surface area contributed by atoms with E-state index in [-0.39, 0.29) is 17.1 Å². The highest BCUT2D eigenvalue weighted by atomic mass is 35.5. The molecule has 0 saturated heterocycles. The van der Waals surface area contributed by atoms with Crippen molar-refractivity contribution in [3.8, 4) is 6.07 Å². The fraction of sp³-hybridized carbons (Fsp3) is 0.529. The maximum absolute atomic E-state index is 12.8. The fourth-order valence-corrected chi connectivity index (χ4v) is 3.31. The summed E-state index contributed by atoms with van der Waals surface area (Å²) < 4.78 is 0. The summed E-state index contributed by atoms with van der Waals surface area (Å²) in [5.41, 5.74) is 0.750. The average Bonchev–Trinajstić information content (AvgIpc) is 2.41. The van der Waals surface area contributed by atoms with E-state index < -0.39 is 5.92 Å². The fourth-order valence-electron chi connectivity index (χ4n) is 3.18. The van der Waals surface area contributed by atoms with E-state index in [9.17, 15) is 10.1 Å². The summed E-state index contributed by atoms with van der Waals surface area (Å²) in [5.74, 6) is -0.620. The van der Waals surface area contributed by atoms with Crippen LogP contribution in [0.5, 0.6) is 0 Å². The Kier molecular flexibility index (Phi) is 4.50. The molecule has 0 radical (unpaired) electrons. The number of benzene rings is 1. The second-order valence-electron chi connectivity index (χ2n) is 6.30. The van der Waals surface area contributed by atoms with Gasteiger partial charge in [-0.15, -0.1) is 0 Å². The van der Waals surface area contributed by atoms with Crippen LogP contribution in [-0.4, -0.2) is 5.78 Å². The quantitative estimate of drug-likeness (QED) is 0.807. The number of ketones is 1. The molecular weight excluding hydrogens is 270 g/mol. The molecule has 0 aliphatic heterocycles. The van der Waals surface area contributed by atoms with Crippen LogP contribution < -0.4 is 0 Å². The highest BCUT2D eigenvalue weighted by Gasteiger charge is 2.40. The maximum Gasteiger partial charge on any atom is 0.158 e. The lowest BCUT2D eigenvalue weighted by molar-refractivity contribution is -0.128. The van der Waals surface area contributed by atoms with Crippen molar-refractivity contribution < 1.29 is 4.79 Å². The summed E-state index contributed by atoms with van der Waals surface area (Å²) in [5, 5.41) is 10.0. The zero-order chi connectivity index (χ0) is 14.8. The molecule has 0 heterocycles. The van der Waals surface area contributed by atoms with E-state index in [0.717, 1.165) is 24.8 Å². The molecule has 2 unspecified atom stereocenters. The predicted molar refractivity (Wildman–Crippen MR) is 80.6 cm³/mol. The molecule has 106 valence electrons. The van der Waals surface area contributed by atoms with Crippen molar-refractivity contribution in [3.05, 3.63) is 34.9 Å². The molecule has 1 aromatic rings. The van der Waals surface area contributed by atoms with Crippen LogP contribution in [0.3, 0.4) is 0 Å². The van der Waals surface area contributed by atoms with E-state index in [2.05, 4.69) is 19.9 Å². The normalized spacial score (nSPS) is 22.8. The summed E-state index contributed by atoms with van der Waals surface area (Å²) in [7, 11) is 0. The molecule has 1 aliphatic carbocycles. The monoisotopic (exact) mass is 289 g/mol. The van der Waals surface area contributed by atoms with E-state index in [0.29, 0.717) is 5.02 Å². The number of nitrogens with zero attached hydrogens (tertiary/aromatic N) is 1. The number of carbonyl (C=O) groups is 1. The van der Waals surface area contributed by atoms with Gasteiger partial charge in [-0.25, -0.2) is 0 Å². The Hall–Kier alpha value is -1.33. The minimum Gasteiger partial charge on any atom is -0.298 e. The third-order valence-corrected chi connectivity index (χ3v) is 4.72. The van der Waals surface area contributed by atoms with Gasteiger partial charge in [0.15, 0.2) is 5.78 Å². The van der Waals surface area contributed by atoms with Crippen LogP contribution in [-0.2, 0) is 4.79 Å². The maximum atomic E-state index is 12.8. The number of carbonyl (C=O) groups excluding carboxylic acids is 1. The largest absolute Gasteiger partial charge is 0.298 e. The molecule has 2 rings (SSSR count). The van der Waals surface area contributed by atoms with Crippen molar-refractivity contribution in [2.45, 2.75) is 45.4 Å². The van der Waals surface area contributed by atoms with Crippen LogP contribution in [0.2, 0.25) is 5.02 Å². The zero-order valence-electron chi connectivity index (χ0n) is 12.0. The molecule has 2 atom stereocenters. The summed E-state index contributed by atoms with van der Waals surface area (Å²) in [6.45, 7) is 4.29. The molecule has 1 aliphatic rings. The first-order valence-electron chi connectivity index (χ1n) is 7.14. The lowest BCUT2D eigenvalue weighted by Gasteiger charge is -2.38. The Morgan fingerprint density at radius 1 is 1.35 bits per heavy atom. The van der Waals surface area contributed by atoms with E-state index in [1.165, 1.54) is 6.42 Å². The third-order valence-electron chi connectivity index (χ3n) is 4.47. The first kappa shape index (κ1) is 15.1. The Bertz CT molecular complexity index is 527. The van der Waals surface area contributed by atoms with Gasteiger partial charge < -0.3 is 0 Å². The topological polar surface area (TPSA) is 40.9 Å². The van der Waals surface area contributed by atoms with Crippen molar-refractivity contribution in [3.63, 3.8) is 0 Å². The van der Waals surface area contributed by atoms with Gasteiger partial charge in [0.2, 0.25) is 0 Å². The van der Waals surface area contributed by atoms with Gasteiger partial charge in [0, 0.05) is 10.9 Å². The van der Waals surface area contributed by atoms with Crippen LogP contribution in [0.1, 0.15) is 51.0 Å². The Labute approximate surface area is 125 Å². The van der Waals surface area contributed by atoms with Crippen molar-refractivity contribution in [1.29, 1.82) is 5.26 Å². The SMILES string of the molecule is CC1(C)CCCCC1C(=O)C(C#N)c1ccc(Cl)cc1. The number of Topliss-reactive ketones (excluding diaryl/α,β-unsaturated/α-hetero) is 1. The Morgan fingerprint density at radius 2 is 2.00 bits per heavy atom. The van der Waals surface area contributed by atoms with Crippen molar-refractivity contribution in [2.24, 2.45) is 11.3 Å². The van der Waals surface area contributed by atoms with Crippen molar-refractivity contribution >= 4 is 17.4 Å². The first-order chi connectivity index (χ1) is 9.45. The molecule has 3 heteroatoms. The van der Waals surface area contributed by atoms with E-state index in [1.54, 1.807) is 24.3 Å². The van der Waals surface area contributed by atoms with Crippen LogP contribution >= 0.6 is 11.6 Å². The lowest BCUT2D eigenvalue weighted by Crippen LogP contribution is -2.36. The number of hydrogen-bond donors (Lipinski definition) is 0. The smallest absolute Gasteiger partial charge is 0.158 e. The summed E-state index contributed by atoms with van der Waals surface area (Å²) in [6.07, 6.45) is 4.22. The Morgan fingerprint density at radius 3 is 2.55 bits per heavy atom. The van der Waals surface area contributed by atoms with E-state index >= 15 is 0 Å². The van der Waals surface area contributed by atoms with E-state index in [1.807, 2.05) is 0 Å². The van der Waals surface area contributed by atoms with Gasteiger partial charge in [-0.2, -0.15) is 5.26 Å². The molecule has 1 saturated carbocycles. The standard InChI is InChI=1S/C17H20ClNO/c1-17(2)10-4-3-5-15(17)16(20)14(11-19)12-6-8-13(18)9-7-12/h6-9,14-15H,3-5,10H2,1-2H3. The van der Waals surface area contributed by atoms with Gasteiger partial charge in [-0.05, 0) is 36.0 Å². The minimum absolute atomic E-state index is 0.00312. The van der Waals surface area contributed by atoms with Gasteiger partial charge in [-0.3, -0.25) is 4.79 Å². The van der Waals surface area contributed by atoms with Crippen LogP contribution in [0.15, 0.2) is 24.3 Å². The van der Waals surface area contributed by atoms with Crippen molar-refractivity contribution in [2.75, 3.05) is 0 Å². The second-order valence-corrected chi connectivity index (χ2v) is 6.74. The second kappa shape index (κ2) is 5.97. The summed E-state index contributed by atoms with van der Waals surface area (Å²) >= 11 is 5.87. The molecule has 1 fully saturated rings. The van der Waals surface area contributed by atoms with Gasteiger partial charge in [0.05, 0.1) is 6.07 Å². The molecule has 1 aromatic carbocycles. The molecule has 20 heavy (non-hydrogen) atoms. The number of nitriles is 1. The number of hydrogen-bond acceptors (Lipinski definition) is 2. The predicted octanol–water partition coefficient (Wildman–Crippen LogP) is 4.73. The van der Waals surface area contributed by atoms with Gasteiger partial charge >= 0.3 is 0 Å². The van der Waals surface area contributed by atoms with Crippen LogP contribution in [0.25, 0.3) is 0 Å². The van der Waals surface area contributed by atoms with Crippen LogP contribution in [0, 0.1) is 22.7 Å². The van der Waals surface area contributed by atoms with Gasteiger partial charge in [0.1, 0.15) is 5.92 Å². The minimum atomic E-state index is -0.672. The Balaban J connectivity index is 2.25. The molecule has 0 N–H and O–H groups in total. The molecule has 2 nitrogen and oxygen atoms in total. The average molecular weight is 290 g/mol. The first-order valence-corrected chi connectivity index (χ1v) is 7.52.